The van der Waals surface area contributed by atoms with Crippen LogP contribution in [0.5, 0.6) is 17.2 Å². The molecule has 104 heavy (non-hydrogen) atoms. The van der Waals surface area contributed by atoms with Gasteiger partial charge >= 0.3 is 53.7 Å². The van der Waals surface area contributed by atoms with Crippen molar-refractivity contribution in [3.63, 3.8) is 0 Å². The molecule has 3 fully saturated rings. The lowest BCUT2D eigenvalue weighted by atomic mass is 9.71. The van der Waals surface area contributed by atoms with Crippen molar-refractivity contribution in [3.05, 3.63) is 89.5 Å². The van der Waals surface area contributed by atoms with Crippen LogP contribution in [0.4, 0.5) is 0 Å². The Morgan fingerprint density at radius 1 is 0.337 bits per heavy atom. The summed E-state index contributed by atoms with van der Waals surface area (Å²) in [5.41, 5.74) is -3.19. The van der Waals surface area contributed by atoms with Gasteiger partial charge < -0.3 is 87.0 Å². The summed E-state index contributed by atoms with van der Waals surface area (Å²) in [6.45, 7) is 9.20. The summed E-state index contributed by atoms with van der Waals surface area (Å²) in [7, 11) is 0. The van der Waals surface area contributed by atoms with E-state index in [2.05, 4.69) is 33.7 Å². The number of nitrogens with one attached hydrogen (secondary N) is 3. The van der Waals surface area contributed by atoms with Crippen molar-refractivity contribution in [2.75, 3.05) is 79.3 Å². The van der Waals surface area contributed by atoms with Crippen molar-refractivity contribution in [2.24, 2.45) is 0 Å². The predicted molar refractivity (Wildman–Crippen MR) is 360 cm³/mol. The normalized spacial score (nSPS) is 16.4. The van der Waals surface area contributed by atoms with E-state index in [1.54, 1.807) is 77.9 Å². The molecule has 3 heterocycles. The highest BCUT2D eigenvalue weighted by atomic mass is 16.7. The fourth-order valence-electron chi connectivity index (χ4n) is 10.1. The van der Waals surface area contributed by atoms with E-state index in [1.807, 2.05) is 6.92 Å². The molecule has 0 aromatic heterocycles. The van der Waals surface area contributed by atoms with Gasteiger partial charge in [0.2, 0.25) is 17.7 Å². The highest BCUT2D eigenvalue weighted by Crippen LogP contribution is 2.41. The maximum absolute atomic E-state index is 13.2. The Labute approximate surface area is 601 Å². The van der Waals surface area contributed by atoms with E-state index in [-0.39, 0.29) is 115 Å². The summed E-state index contributed by atoms with van der Waals surface area (Å²) < 4.78 is 82.5. The summed E-state index contributed by atoms with van der Waals surface area (Å²) in [4.78, 5) is 154. The van der Waals surface area contributed by atoms with Gasteiger partial charge in [-0.1, -0.05) is 54.2 Å². The van der Waals surface area contributed by atoms with Gasteiger partial charge in [0.15, 0.2) is 37.2 Å². The number of rotatable bonds is 36. The molecule has 3 aromatic rings. The Morgan fingerprint density at radius 2 is 0.538 bits per heavy atom. The molecule has 0 unspecified atom stereocenters. The number of carbonyl (C=O) groups is 12. The Balaban J connectivity index is 1.10. The standard InChI is InChI=1S/C74H87N3O27/c1-11-38-90-59(81)29-26-56(78)75-72(44-96-68(4,5)97-45-72)41-93-62(84)32-35-65(87)102-53-20-14-50(15-21-53)71(10,51-16-22-54(23-17-51)103-66(88)36-33-63(85)94-42-73(46-98-69(6,7)99-47-73)76-57(79)27-30-60(82)91-39-12-2)52-18-24-55(25-19-52)104-67(89)37-34-64(86)95-43-74(48-100-70(8,9)101-49-74)77-58(80)28-31-61(83)92-40-13-3/h1-3,14-25H,26-49H2,4-10H3,(H,75,78)(H,76,79)(H,77,80). The third-order valence-corrected chi connectivity index (χ3v) is 16.1. The third-order valence-electron chi connectivity index (χ3n) is 16.1. The largest absolute Gasteiger partial charge is 0.463 e. The van der Waals surface area contributed by atoms with E-state index in [4.69, 9.17) is 90.3 Å². The number of terminal acetylenes is 3. The Hall–Kier alpha value is -10.3. The van der Waals surface area contributed by atoms with Gasteiger partial charge in [-0.15, -0.1) is 19.3 Å². The summed E-state index contributed by atoms with van der Waals surface area (Å²) >= 11 is 0. The van der Waals surface area contributed by atoms with E-state index in [0.717, 1.165) is 0 Å². The number of hydrogen-bond donors (Lipinski definition) is 3. The van der Waals surface area contributed by atoms with Crippen LogP contribution in [0.15, 0.2) is 72.8 Å². The topological polar surface area (TPSA) is 379 Å². The lowest BCUT2D eigenvalue weighted by Gasteiger charge is -2.43. The first-order chi connectivity index (χ1) is 49.2. The first kappa shape index (κ1) is 82.7. The van der Waals surface area contributed by atoms with Crippen LogP contribution >= 0.6 is 0 Å². The van der Waals surface area contributed by atoms with Crippen molar-refractivity contribution in [1.29, 1.82) is 0 Å². The van der Waals surface area contributed by atoms with Crippen molar-refractivity contribution in [3.8, 4) is 54.3 Å². The van der Waals surface area contributed by atoms with Gasteiger partial charge in [0, 0.05) is 24.7 Å². The second-order valence-electron chi connectivity index (χ2n) is 26.1. The molecular weight excluding hydrogens is 1360 g/mol. The number of ether oxygens (including phenoxy) is 15. The lowest BCUT2D eigenvalue weighted by molar-refractivity contribution is -0.275. The van der Waals surface area contributed by atoms with Gasteiger partial charge in [0.05, 0.1) is 97.4 Å². The zero-order valence-electron chi connectivity index (χ0n) is 59.2. The molecule has 3 aliphatic rings. The molecule has 0 spiro atoms. The smallest absolute Gasteiger partial charge is 0.311 e. The van der Waals surface area contributed by atoms with E-state index < -0.39 is 169 Å². The van der Waals surface area contributed by atoms with Crippen LogP contribution in [0.1, 0.15) is 142 Å². The number of carbonyl (C=O) groups excluding carboxylic acids is 12. The monoisotopic (exact) mass is 1450 g/mol. The van der Waals surface area contributed by atoms with E-state index in [9.17, 15) is 57.5 Å². The molecule has 30 heteroatoms. The molecule has 0 aliphatic carbocycles. The number of benzene rings is 3. The Morgan fingerprint density at radius 3 is 0.760 bits per heavy atom. The van der Waals surface area contributed by atoms with E-state index >= 15 is 0 Å². The summed E-state index contributed by atoms with van der Waals surface area (Å²) in [5.74, 6) is -4.75. The van der Waals surface area contributed by atoms with Crippen molar-refractivity contribution in [2.45, 2.75) is 165 Å². The van der Waals surface area contributed by atoms with Crippen LogP contribution in [-0.2, 0) is 120 Å². The fourth-order valence-corrected chi connectivity index (χ4v) is 10.1. The van der Waals surface area contributed by atoms with E-state index in [0.29, 0.717) is 16.7 Å². The molecule has 0 saturated carbocycles. The molecule has 0 atom stereocenters. The van der Waals surface area contributed by atoms with Crippen LogP contribution in [0.25, 0.3) is 0 Å². The highest BCUT2D eigenvalue weighted by molar-refractivity contribution is 5.85. The van der Waals surface area contributed by atoms with Crippen LogP contribution in [0.2, 0.25) is 0 Å². The molecule has 30 nitrogen and oxygen atoms in total. The van der Waals surface area contributed by atoms with Gasteiger partial charge in [-0.2, -0.15) is 0 Å². The quantitative estimate of drug-likeness (QED) is 0.0237. The molecule has 560 valence electrons. The van der Waals surface area contributed by atoms with Crippen LogP contribution in [0.3, 0.4) is 0 Å². The van der Waals surface area contributed by atoms with Crippen LogP contribution in [0, 0.1) is 37.0 Å². The maximum Gasteiger partial charge on any atom is 0.311 e. The number of amides is 3. The zero-order chi connectivity index (χ0) is 76.2. The Kier molecular flexibility index (Phi) is 30.5. The average Bonchev–Trinajstić information content (AvgIpc) is 0.767. The minimum atomic E-state index is -1.33. The van der Waals surface area contributed by atoms with Crippen molar-refractivity contribution in [1.82, 2.24) is 16.0 Å². The molecule has 3 aliphatic heterocycles. The average molecular weight is 1450 g/mol. The van der Waals surface area contributed by atoms with Gasteiger partial charge in [0.1, 0.15) is 53.7 Å². The molecule has 3 aromatic carbocycles. The lowest BCUT2D eigenvalue weighted by Crippen LogP contribution is -2.63. The van der Waals surface area contributed by atoms with E-state index in [1.165, 1.54) is 36.4 Å². The first-order valence-electron chi connectivity index (χ1n) is 33.2. The minimum absolute atomic E-state index is 0.108. The highest BCUT2D eigenvalue weighted by Gasteiger charge is 2.46. The van der Waals surface area contributed by atoms with Gasteiger partial charge in [0.25, 0.3) is 0 Å². The molecule has 3 N–H and O–H groups in total. The van der Waals surface area contributed by atoms with Crippen molar-refractivity contribution < 1.29 is 129 Å². The molecular formula is C74H87N3O27. The second-order valence-corrected chi connectivity index (χ2v) is 26.1. The van der Waals surface area contributed by atoms with Crippen LogP contribution < -0.4 is 30.2 Å². The zero-order valence-corrected chi connectivity index (χ0v) is 59.2. The van der Waals surface area contributed by atoms with Gasteiger partial charge in [-0.25, -0.2) is 0 Å². The third kappa shape index (κ3) is 27.2. The SMILES string of the molecule is C#CCOC(=O)CCC(=O)NC1(COC(=O)CCC(=O)Oc2ccc(C(C)(c3ccc(OC(=O)CCC(=O)OCC4(NC(=O)CCC(=O)OCC#C)COC(C)(C)OC4)cc3)c3ccc(OC(=O)CCC(=O)OCC4(NC(=O)CCC(=O)OCC#C)COC(C)(C)OC4)cc3)cc2)COC(C)(C)OC1. The van der Waals surface area contributed by atoms with Gasteiger partial charge in [-0.3, -0.25) is 57.5 Å². The predicted octanol–water partition coefficient (Wildman–Crippen LogP) is 4.51. The fraction of sp³-hybridized carbons (Fsp3) is 0.514. The second kappa shape index (κ2) is 38.3. The number of hydrogen-bond acceptors (Lipinski definition) is 27. The van der Waals surface area contributed by atoms with Crippen molar-refractivity contribution >= 4 is 71.4 Å². The number of esters is 9. The Bertz CT molecular complexity index is 3280. The van der Waals surface area contributed by atoms with Crippen LogP contribution in [-0.4, -0.2) is 185 Å². The van der Waals surface area contributed by atoms with Gasteiger partial charge in [-0.05, 0) is 102 Å². The first-order valence-corrected chi connectivity index (χ1v) is 33.2. The summed E-state index contributed by atoms with van der Waals surface area (Å²) in [6, 6.07) is 19.4. The maximum atomic E-state index is 13.2. The molecule has 3 amide bonds. The molecule has 0 radical (unpaired) electrons. The molecule has 6 rings (SSSR count). The minimum Gasteiger partial charge on any atom is -0.463 e. The summed E-state index contributed by atoms with van der Waals surface area (Å²) in [5, 5.41) is 8.21. The molecule has 0 bridgehead atoms. The summed E-state index contributed by atoms with van der Waals surface area (Å²) in [6.07, 6.45) is 11.3. The molecule has 3 saturated heterocycles.